The van der Waals surface area contributed by atoms with Crippen LogP contribution in [0.15, 0.2) is 82.2 Å². The highest BCUT2D eigenvalue weighted by molar-refractivity contribution is 7.89. The van der Waals surface area contributed by atoms with E-state index in [9.17, 15) is 0 Å². The minimum atomic E-state index is 0.872. The van der Waals surface area contributed by atoms with Gasteiger partial charge in [0, 0.05) is 9.81 Å². The maximum Gasteiger partial charge on any atom is 0.0249 e. The molecule has 0 amide bonds. The fourth-order valence-corrected chi connectivity index (χ4v) is 2.14. The van der Waals surface area contributed by atoms with Crippen LogP contribution in [0.2, 0.25) is 0 Å². The second kappa shape index (κ2) is 8.06. The Morgan fingerprint density at radius 3 is 2.78 bits per heavy atom. The van der Waals surface area contributed by atoms with Gasteiger partial charge < -0.3 is 0 Å². The van der Waals surface area contributed by atoms with Gasteiger partial charge in [0.25, 0.3) is 0 Å². The van der Waals surface area contributed by atoms with Crippen molar-refractivity contribution in [3.63, 3.8) is 0 Å². The molecule has 0 heterocycles. The summed E-state index contributed by atoms with van der Waals surface area (Å²) < 4.78 is 0. The number of hydrogen-bond acceptors (Lipinski definition) is 2. The van der Waals surface area contributed by atoms with Crippen LogP contribution in [-0.4, -0.2) is 0 Å². The third-order valence-electron chi connectivity index (χ3n) is 2.49. The van der Waals surface area contributed by atoms with E-state index in [-0.39, 0.29) is 0 Å². The topological polar surface area (TPSA) is 0 Å². The average Bonchev–Trinajstić information content (AvgIpc) is 2.67. The Morgan fingerprint density at radius 1 is 1.33 bits per heavy atom. The molecule has 1 aliphatic rings. The molecule has 0 saturated carbocycles. The molecule has 0 aromatic carbocycles. The molecule has 0 aromatic rings. The molecular weight excluding hydrogens is 256 g/mol. The fraction of sp³-hybridized carbons (Fsp3) is 0.125. The van der Waals surface area contributed by atoms with Crippen LogP contribution in [0.3, 0.4) is 0 Å². The summed E-state index contributed by atoms with van der Waals surface area (Å²) in [7, 11) is 0. The summed E-state index contributed by atoms with van der Waals surface area (Å²) in [4.78, 5) is 1.76. The van der Waals surface area contributed by atoms with Gasteiger partial charge in [0.15, 0.2) is 0 Å². The van der Waals surface area contributed by atoms with Gasteiger partial charge in [0.05, 0.1) is 0 Å². The summed E-state index contributed by atoms with van der Waals surface area (Å²) in [5.74, 6) is 0. The Hall–Kier alpha value is -1.12. The van der Waals surface area contributed by atoms with Gasteiger partial charge in [-0.1, -0.05) is 61.3 Å². The molecular formula is C16H18S2. The van der Waals surface area contributed by atoms with Crippen molar-refractivity contribution in [2.45, 2.75) is 13.3 Å². The van der Waals surface area contributed by atoms with Crippen LogP contribution in [0.1, 0.15) is 13.3 Å². The van der Waals surface area contributed by atoms with Crippen molar-refractivity contribution in [2.24, 2.45) is 0 Å². The Bertz CT molecular complexity index is 483. The summed E-state index contributed by atoms with van der Waals surface area (Å²) in [6.45, 7) is 5.65. The summed E-state index contributed by atoms with van der Waals surface area (Å²) in [6, 6.07) is 0. The summed E-state index contributed by atoms with van der Waals surface area (Å²) in [5.41, 5.74) is 2.13. The van der Waals surface area contributed by atoms with E-state index in [0.717, 1.165) is 27.4 Å². The van der Waals surface area contributed by atoms with E-state index < -0.39 is 0 Å². The van der Waals surface area contributed by atoms with E-state index in [2.05, 4.69) is 44.0 Å². The molecule has 0 aliphatic heterocycles. The first-order valence-corrected chi connectivity index (χ1v) is 6.72. The van der Waals surface area contributed by atoms with Gasteiger partial charge in [-0.25, -0.2) is 0 Å². The fourth-order valence-electron chi connectivity index (χ4n) is 1.51. The zero-order valence-corrected chi connectivity index (χ0v) is 12.3. The first-order valence-electron chi connectivity index (χ1n) is 5.82. The highest BCUT2D eigenvalue weighted by atomic mass is 32.1. The molecule has 0 saturated heterocycles. The molecule has 1 aliphatic carbocycles. The van der Waals surface area contributed by atoms with Crippen molar-refractivity contribution in [3.05, 3.63) is 82.2 Å². The van der Waals surface area contributed by atoms with Crippen molar-refractivity contribution >= 4 is 25.3 Å². The number of thiol groups is 2. The van der Waals surface area contributed by atoms with Crippen molar-refractivity contribution in [1.29, 1.82) is 0 Å². The molecule has 0 fully saturated rings. The monoisotopic (exact) mass is 274 g/mol. The van der Waals surface area contributed by atoms with Gasteiger partial charge in [0.1, 0.15) is 0 Å². The molecule has 0 atom stereocenters. The molecule has 0 radical (unpaired) electrons. The predicted octanol–water partition coefficient (Wildman–Crippen LogP) is 5.19. The van der Waals surface area contributed by atoms with Gasteiger partial charge in [-0.2, -0.15) is 0 Å². The van der Waals surface area contributed by atoms with Crippen molar-refractivity contribution in [2.75, 3.05) is 0 Å². The zero-order chi connectivity index (χ0) is 13.4. The second-order valence-electron chi connectivity index (χ2n) is 3.72. The van der Waals surface area contributed by atoms with Gasteiger partial charge in [-0.3, -0.25) is 0 Å². The van der Waals surface area contributed by atoms with Gasteiger partial charge in [0.2, 0.25) is 0 Å². The van der Waals surface area contributed by atoms with Crippen molar-refractivity contribution in [1.82, 2.24) is 0 Å². The number of hydrogen-bond donors (Lipinski definition) is 2. The first-order chi connectivity index (χ1) is 8.70. The van der Waals surface area contributed by atoms with E-state index in [0.29, 0.717) is 0 Å². The lowest BCUT2D eigenvalue weighted by Crippen LogP contribution is -1.86. The van der Waals surface area contributed by atoms with E-state index in [4.69, 9.17) is 0 Å². The van der Waals surface area contributed by atoms with Gasteiger partial charge in [-0.05, 0) is 24.5 Å². The largest absolute Gasteiger partial charge is 0.142 e. The van der Waals surface area contributed by atoms with E-state index in [1.54, 1.807) is 6.08 Å². The number of allylic oxidation sites excluding steroid dienone is 11. The Labute approximate surface area is 121 Å². The van der Waals surface area contributed by atoms with E-state index >= 15 is 0 Å². The lowest BCUT2D eigenvalue weighted by Gasteiger charge is -2.08. The average molecular weight is 274 g/mol. The second-order valence-corrected chi connectivity index (χ2v) is 4.61. The molecule has 94 valence electrons. The lowest BCUT2D eigenvalue weighted by atomic mass is 10.1. The van der Waals surface area contributed by atoms with Gasteiger partial charge >= 0.3 is 0 Å². The smallest absolute Gasteiger partial charge is 0.0249 e. The highest BCUT2D eigenvalue weighted by Gasteiger charge is 2.06. The Balaban J connectivity index is 3.07. The molecule has 18 heavy (non-hydrogen) atoms. The lowest BCUT2D eigenvalue weighted by molar-refractivity contribution is 1.37. The molecule has 0 N–H and O–H groups in total. The van der Waals surface area contributed by atoms with Crippen LogP contribution in [-0.2, 0) is 0 Å². The quantitative estimate of drug-likeness (QED) is 0.511. The summed E-state index contributed by atoms with van der Waals surface area (Å²) in [6.07, 6.45) is 18.9. The molecule has 1 rings (SSSR count). The van der Waals surface area contributed by atoms with E-state index in [1.807, 2.05) is 43.4 Å². The summed E-state index contributed by atoms with van der Waals surface area (Å²) >= 11 is 9.16. The first kappa shape index (κ1) is 14.9. The van der Waals surface area contributed by atoms with Gasteiger partial charge in [-0.15, -0.1) is 25.3 Å². The van der Waals surface area contributed by atoms with Crippen molar-refractivity contribution in [3.8, 4) is 0 Å². The molecule has 0 unspecified atom stereocenters. The minimum Gasteiger partial charge on any atom is -0.142 e. The predicted molar refractivity (Wildman–Crippen MR) is 89.1 cm³/mol. The van der Waals surface area contributed by atoms with Crippen LogP contribution in [0.25, 0.3) is 0 Å². The molecule has 0 aromatic heterocycles. The Morgan fingerprint density at radius 2 is 2.11 bits per heavy atom. The minimum absolute atomic E-state index is 0.872. The third-order valence-corrected chi connectivity index (χ3v) is 3.63. The molecule has 2 heteroatoms. The maximum atomic E-state index is 4.59. The molecule has 0 bridgehead atoms. The highest BCUT2D eigenvalue weighted by Crippen LogP contribution is 2.29. The standard InChI is InChI=1S/C16H18S2/c1-3-5-10-13(4-2)15(17)16(18)14-11-8-6-7-9-12-14/h3-8,10-12,17-18H,1,9H2,2H3/b10-5-,13-4+,16-15-. The Kier molecular flexibility index (Phi) is 6.69. The van der Waals surface area contributed by atoms with Crippen molar-refractivity contribution < 1.29 is 0 Å². The number of rotatable bonds is 4. The molecule has 0 nitrogen and oxygen atoms in total. The molecule has 0 spiro atoms. The van der Waals surface area contributed by atoms with Crippen LogP contribution >= 0.6 is 25.3 Å². The SMILES string of the molecule is C=C\C=C/C(=C\C)C(/S)=C(/S)C1=CCC=CC=C1. The third kappa shape index (κ3) is 4.28. The zero-order valence-electron chi connectivity index (χ0n) is 10.5. The van der Waals surface area contributed by atoms with Crippen LogP contribution in [0.4, 0.5) is 0 Å². The summed E-state index contributed by atoms with van der Waals surface area (Å²) in [5, 5.41) is 0. The van der Waals surface area contributed by atoms with Crippen LogP contribution in [0, 0.1) is 0 Å². The van der Waals surface area contributed by atoms with E-state index in [1.165, 1.54) is 0 Å². The van der Waals surface area contributed by atoms with Crippen LogP contribution in [0.5, 0.6) is 0 Å². The normalized spacial score (nSPS) is 17.5. The maximum absolute atomic E-state index is 4.59. The van der Waals surface area contributed by atoms with Crippen LogP contribution < -0.4 is 0 Å².